The molecule has 0 atom stereocenters. The van der Waals surface area contributed by atoms with Crippen LogP contribution in [0.1, 0.15) is 62.5 Å². The lowest BCUT2D eigenvalue weighted by molar-refractivity contribution is 0.0199. The number of halogens is 1. The largest absolute Gasteiger partial charge is 0.494 e. The number of ether oxygens (including phenoxy) is 4. The van der Waals surface area contributed by atoms with Gasteiger partial charge in [-0.05, 0) is 71.4 Å². The number of aromatic nitrogens is 3. The Bertz CT molecular complexity index is 1640. The molecular formula is C35H50FN5O6Si. The highest BCUT2D eigenvalue weighted by molar-refractivity contribution is 6.76. The number of carbonyl (C=O) groups is 2. The number of carbonyl (C=O) groups excluding carboxylic acids is 2. The first-order valence-electron chi connectivity index (χ1n) is 16.9. The topological polar surface area (TPSA) is 117 Å². The van der Waals surface area contributed by atoms with E-state index in [0.29, 0.717) is 84.4 Å². The van der Waals surface area contributed by atoms with Crippen LogP contribution >= 0.6 is 0 Å². The van der Waals surface area contributed by atoms with Gasteiger partial charge in [-0.15, -0.1) is 0 Å². The smallest absolute Gasteiger partial charge is 0.410 e. The molecule has 1 N–H and O–H groups in total. The molecule has 13 heteroatoms. The van der Waals surface area contributed by atoms with Crippen molar-refractivity contribution in [2.45, 2.75) is 97.4 Å². The van der Waals surface area contributed by atoms with Crippen LogP contribution in [0.4, 0.5) is 9.18 Å². The molecule has 0 bridgehead atoms. The summed E-state index contributed by atoms with van der Waals surface area (Å²) in [5, 5.41) is 3.18. The van der Waals surface area contributed by atoms with Crippen LogP contribution in [0.5, 0.6) is 11.5 Å². The SMILES string of the molecule is COc1cc(OCC2CC2)c(-c2ncnc3c(C(=O)NC4CCN(C(=O)OC(C)(C)C)CC4)c(C)n(COCC[Si](C)(C)C)c23)cc1F. The fraction of sp³-hybridized carbons (Fsp3) is 0.600. The monoisotopic (exact) mass is 683 g/mol. The Balaban J connectivity index is 1.48. The van der Waals surface area contributed by atoms with Gasteiger partial charge in [0, 0.05) is 51.1 Å². The Morgan fingerprint density at radius 3 is 2.40 bits per heavy atom. The molecule has 2 fully saturated rings. The summed E-state index contributed by atoms with van der Waals surface area (Å²) in [6.07, 6.45) is 4.43. The van der Waals surface area contributed by atoms with Gasteiger partial charge in [0.1, 0.15) is 35.6 Å². The maximum atomic E-state index is 15.3. The minimum atomic E-state index is -1.35. The van der Waals surface area contributed by atoms with Crippen molar-refractivity contribution in [3.63, 3.8) is 0 Å². The van der Waals surface area contributed by atoms with Gasteiger partial charge in [0.2, 0.25) is 0 Å². The summed E-state index contributed by atoms with van der Waals surface area (Å²) in [4.78, 5) is 37.5. The fourth-order valence-corrected chi connectivity index (χ4v) is 6.49. The molecule has 3 aromatic rings. The third-order valence-corrected chi connectivity index (χ3v) is 10.4. The van der Waals surface area contributed by atoms with Gasteiger partial charge in [-0.1, -0.05) is 19.6 Å². The summed E-state index contributed by atoms with van der Waals surface area (Å²) in [7, 11) is 0.0709. The first kappa shape index (κ1) is 35.6. The molecule has 11 nitrogen and oxygen atoms in total. The molecule has 48 heavy (non-hydrogen) atoms. The van der Waals surface area contributed by atoms with E-state index in [9.17, 15) is 9.59 Å². The number of hydrogen-bond acceptors (Lipinski definition) is 8. The highest BCUT2D eigenvalue weighted by Gasteiger charge is 2.31. The predicted molar refractivity (Wildman–Crippen MR) is 185 cm³/mol. The lowest BCUT2D eigenvalue weighted by Gasteiger charge is -2.33. The molecule has 5 rings (SSSR count). The normalized spacial score (nSPS) is 15.9. The van der Waals surface area contributed by atoms with E-state index >= 15 is 4.39 Å². The molecule has 262 valence electrons. The lowest BCUT2D eigenvalue weighted by Crippen LogP contribution is -2.47. The number of likely N-dealkylation sites (tertiary alicyclic amines) is 1. The van der Waals surface area contributed by atoms with Crippen molar-refractivity contribution in [2.75, 3.05) is 33.4 Å². The average Bonchev–Trinajstić information content (AvgIpc) is 3.79. The first-order valence-corrected chi connectivity index (χ1v) is 20.6. The maximum Gasteiger partial charge on any atom is 0.410 e. The van der Waals surface area contributed by atoms with Gasteiger partial charge in [0.15, 0.2) is 11.6 Å². The van der Waals surface area contributed by atoms with Crippen molar-refractivity contribution in [2.24, 2.45) is 5.92 Å². The van der Waals surface area contributed by atoms with Crippen LogP contribution in [0.25, 0.3) is 22.3 Å². The Kier molecular flexibility index (Phi) is 10.7. The van der Waals surface area contributed by atoms with Crippen LogP contribution in [0.2, 0.25) is 25.7 Å². The highest BCUT2D eigenvalue weighted by atomic mass is 28.3. The predicted octanol–water partition coefficient (Wildman–Crippen LogP) is 6.78. The fourth-order valence-electron chi connectivity index (χ4n) is 5.73. The molecule has 0 spiro atoms. The number of piperidine rings is 1. The van der Waals surface area contributed by atoms with E-state index in [0.717, 1.165) is 18.9 Å². The van der Waals surface area contributed by atoms with Crippen molar-refractivity contribution in [3.8, 4) is 22.8 Å². The second kappa shape index (κ2) is 14.4. The summed E-state index contributed by atoms with van der Waals surface area (Å²) in [6.45, 7) is 16.5. The summed E-state index contributed by atoms with van der Waals surface area (Å²) in [5.74, 6) is 0.179. The van der Waals surface area contributed by atoms with Crippen molar-refractivity contribution in [3.05, 3.63) is 35.5 Å². The van der Waals surface area contributed by atoms with E-state index in [1.54, 1.807) is 11.0 Å². The third kappa shape index (κ3) is 8.65. The van der Waals surface area contributed by atoms with Crippen molar-refractivity contribution in [1.82, 2.24) is 24.8 Å². The summed E-state index contributed by atoms with van der Waals surface area (Å²) < 4.78 is 40.4. The molecule has 2 aromatic heterocycles. The van der Waals surface area contributed by atoms with E-state index in [-0.39, 0.29) is 30.5 Å². The van der Waals surface area contributed by atoms with E-state index in [1.807, 2.05) is 32.3 Å². The molecule has 0 unspecified atom stereocenters. The zero-order chi connectivity index (χ0) is 34.8. The Hall–Kier alpha value is -3.71. The van der Waals surface area contributed by atoms with Gasteiger partial charge in [0.05, 0.1) is 24.8 Å². The molecule has 2 aliphatic rings. The molecule has 1 saturated carbocycles. The van der Waals surface area contributed by atoms with E-state index in [1.165, 1.54) is 19.5 Å². The first-order chi connectivity index (χ1) is 22.6. The van der Waals surface area contributed by atoms with Gasteiger partial charge in [-0.3, -0.25) is 4.79 Å². The van der Waals surface area contributed by atoms with Gasteiger partial charge in [-0.2, -0.15) is 0 Å². The van der Waals surface area contributed by atoms with Crippen LogP contribution in [0.15, 0.2) is 18.5 Å². The minimum Gasteiger partial charge on any atom is -0.494 e. The third-order valence-electron chi connectivity index (χ3n) is 8.70. The van der Waals surface area contributed by atoms with Crippen LogP contribution in [0.3, 0.4) is 0 Å². The van der Waals surface area contributed by atoms with Gasteiger partial charge in [-0.25, -0.2) is 19.2 Å². The second-order valence-electron chi connectivity index (χ2n) is 15.1. The zero-order valence-electron chi connectivity index (χ0n) is 29.6. The van der Waals surface area contributed by atoms with Gasteiger partial charge < -0.3 is 33.7 Å². The van der Waals surface area contributed by atoms with E-state index in [2.05, 4.69) is 34.9 Å². The number of nitrogens with one attached hydrogen (secondary N) is 1. The van der Waals surface area contributed by atoms with Crippen molar-refractivity contribution >= 4 is 31.1 Å². The molecule has 2 amide bonds. The van der Waals surface area contributed by atoms with Crippen LogP contribution < -0.4 is 14.8 Å². The number of methoxy groups -OCH3 is 1. The zero-order valence-corrected chi connectivity index (χ0v) is 30.6. The van der Waals surface area contributed by atoms with Crippen LogP contribution in [-0.4, -0.2) is 84.6 Å². The molecule has 0 radical (unpaired) electrons. The van der Waals surface area contributed by atoms with Crippen molar-refractivity contribution < 1.29 is 32.9 Å². The number of rotatable bonds is 12. The van der Waals surface area contributed by atoms with E-state index < -0.39 is 19.5 Å². The number of hydrogen-bond donors (Lipinski definition) is 1. The Labute approximate surface area is 283 Å². The molecule has 1 saturated heterocycles. The summed E-state index contributed by atoms with van der Waals surface area (Å²) >= 11 is 0. The number of nitrogens with zero attached hydrogens (tertiary/aromatic N) is 4. The molecule has 1 aromatic carbocycles. The van der Waals surface area contributed by atoms with Gasteiger partial charge >= 0.3 is 6.09 Å². The molecule has 1 aliphatic carbocycles. The minimum absolute atomic E-state index is 0.0777. The maximum absolute atomic E-state index is 15.3. The molecule has 3 heterocycles. The molecule has 1 aliphatic heterocycles. The average molecular weight is 684 g/mol. The second-order valence-corrected chi connectivity index (χ2v) is 20.7. The Morgan fingerprint density at radius 1 is 1.06 bits per heavy atom. The standard InChI is InChI=1S/C35H50FN5O6Si/c1-22-29(33(42)39-24-11-13-40(14-12-24)34(43)47-35(2,3)4)31-32(41(22)21-45-15-16-48(6,7)8)30(37-20-38-31)25-17-26(36)28(44-5)18-27(25)46-19-23-9-10-23/h17-18,20,23-24H,9-16,19,21H2,1-8H3,(H,39,42). The number of amides is 2. The summed E-state index contributed by atoms with van der Waals surface area (Å²) in [5.41, 5.74) is 2.39. The van der Waals surface area contributed by atoms with E-state index in [4.69, 9.17) is 18.9 Å². The number of benzene rings is 1. The van der Waals surface area contributed by atoms with Crippen LogP contribution in [-0.2, 0) is 16.2 Å². The lowest BCUT2D eigenvalue weighted by atomic mass is 10.0. The summed E-state index contributed by atoms with van der Waals surface area (Å²) in [6, 6.07) is 3.77. The highest BCUT2D eigenvalue weighted by Crippen LogP contribution is 2.40. The molecular weight excluding hydrogens is 633 g/mol. The van der Waals surface area contributed by atoms with Gasteiger partial charge in [0.25, 0.3) is 5.91 Å². The number of fused-ring (bicyclic) bond motifs is 1. The van der Waals surface area contributed by atoms with Crippen LogP contribution in [0, 0.1) is 18.7 Å². The Morgan fingerprint density at radius 2 is 1.77 bits per heavy atom. The quantitative estimate of drug-likeness (QED) is 0.164. The van der Waals surface area contributed by atoms with Crippen molar-refractivity contribution in [1.29, 1.82) is 0 Å².